The van der Waals surface area contributed by atoms with Crippen LogP contribution < -0.4 is 0 Å². The molecule has 1 saturated carbocycles. The van der Waals surface area contributed by atoms with Crippen LogP contribution in [0, 0.1) is 5.92 Å². The third-order valence-electron chi connectivity index (χ3n) is 0.793. The average molecular weight is 181 g/mol. The Morgan fingerprint density at radius 1 is 1.60 bits per heavy atom. The van der Waals surface area contributed by atoms with E-state index in [0.717, 1.165) is 0 Å². The van der Waals surface area contributed by atoms with Crippen molar-refractivity contribution in [2.24, 2.45) is 0 Å². The molecule has 0 amide bonds. The van der Waals surface area contributed by atoms with Gasteiger partial charge in [0.1, 0.15) is 0 Å². The molecule has 0 nitrogen and oxygen atoms in total. The Labute approximate surface area is 46.1 Å². The van der Waals surface area contributed by atoms with Crippen LogP contribution >= 0.6 is 22.6 Å². The van der Waals surface area contributed by atoms with Crippen LogP contribution in [-0.4, -0.2) is 4.43 Å². The van der Waals surface area contributed by atoms with Crippen LogP contribution in [-0.2, 0) is 0 Å². The van der Waals surface area contributed by atoms with E-state index in [4.69, 9.17) is 0 Å². The number of halogens is 1. The lowest BCUT2D eigenvalue weighted by molar-refractivity contribution is 1.45. The zero-order valence-corrected chi connectivity index (χ0v) is 5.16. The van der Waals surface area contributed by atoms with Gasteiger partial charge < -0.3 is 0 Å². The van der Waals surface area contributed by atoms with Gasteiger partial charge in [-0.15, -0.1) is 0 Å². The molecule has 29 valence electrons. The first-order valence-corrected chi connectivity index (χ1v) is 3.35. The molecule has 1 radical (unpaired) electrons. The van der Waals surface area contributed by atoms with Crippen LogP contribution in [0.2, 0.25) is 0 Å². The SMILES string of the molecule is IC[C]1CC1. The summed E-state index contributed by atoms with van der Waals surface area (Å²) in [6.45, 7) is 0. The second-order valence-corrected chi connectivity index (χ2v) is 2.15. The zero-order valence-electron chi connectivity index (χ0n) is 3.00. The van der Waals surface area contributed by atoms with Crippen molar-refractivity contribution in [2.75, 3.05) is 4.43 Å². The summed E-state index contributed by atoms with van der Waals surface area (Å²) in [4.78, 5) is 0. The lowest BCUT2D eigenvalue weighted by Gasteiger charge is -1.69. The normalized spacial score (nSPS) is 23.4. The van der Waals surface area contributed by atoms with Crippen molar-refractivity contribution < 1.29 is 0 Å². The molecular weight excluding hydrogens is 175 g/mol. The minimum absolute atomic E-state index is 1.30. The predicted octanol–water partition coefficient (Wildman–Crippen LogP) is 1.79. The minimum Gasteiger partial charge on any atom is -0.0857 e. The summed E-state index contributed by atoms with van der Waals surface area (Å²) in [6.07, 6.45) is 2.84. The van der Waals surface area contributed by atoms with Crippen LogP contribution in [0.15, 0.2) is 0 Å². The van der Waals surface area contributed by atoms with E-state index in [-0.39, 0.29) is 0 Å². The van der Waals surface area contributed by atoms with Crippen LogP contribution in [0.4, 0.5) is 0 Å². The average Bonchev–Trinajstić information content (AvgIpc) is 2.12. The molecule has 0 aliphatic heterocycles. The van der Waals surface area contributed by atoms with Gasteiger partial charge in [0.2, 0.25) is 0 Å². The molecule has 0 aromatic rings. The van der Waals surface area contributed by atoms with Crippen molar-refractivity contribution in [1.82, 2.24) is 0 Å². The molecule has 1 heteroatoms. The Morgan fingerprint density at radius 2 is 2.20 bits per heavy atom. The smallest absolute Gasteiger partial charge is 0.00575 e. The van der Waals surface area contributed by atoms with Gasteiger partial charge in [-0.1, -0.05) is 22.6 Å². The van der Waals surface area contributed by atoms with E-state index in [2.05, 4.69) is 22.6 Å². The second-order valence-electron chi connectivity index (χ2n) is 1.38. The number of alkyl halides is 1. The summed E-state index contributed by atoms with van der Waals surface area (Å²) in [7, 11) is 0. The lowest BCUT2D eigenvalue weighted by Crippen LogP contribution is -1.62. The summed E-state index contributed by atoms with van der Waals surface area (Å²) in [5.41, 5.74) is 0. The van der Waals surface area contributed by atoms with Crippen molar-refractivity contribution in [3.63, 3.8) is 0 Å². The Hall–Kier alpha value is 0.730. The topological polar surface area (TPSA) is 0 Å². The van der Waals surface area contributed by atoms with Gasteiger partial charge in [0.15, 0.2) is 0 Å². The highest BCUT2D eigenvalue weighted by Gasteiger charge is 2.19. The Bertz CT molecular complexity index is 30.6. The van der Waals surface area contributed by atoms with Gasteiger partial charge >= 0.3 is 0 Å². The van der Waals surface area contributed by atoms with E-state index < -0.39 is 0 Å². The number of rotatable bonds is 1. The van der Waals surface area contributed by atoms with E-state index in [0.29, 0.717) is 0 Å². The molecule has 1 aliphatic carbocycles. The van der Waals surface area contributed by atoms with Gasteiger partial charge in [-0.05, 0) is 18.8 Å². The molecule has 0 unspecified atom stereocenters. The van der Waals surface area contributed by atoms with Gasteiger partial charge in [0, 0.05) is 4.43 Å². The fourth-order valence-electron chi connectivity index (χ4n) is 0.222. The zero-order chi connectivity index (χ0) is 3.70. The van der Waals surface area contributed by atoms with Crippen LogP contribution in [0.5, 0.6) is 0 Å². The molecular formula is C4H6I. The van der Waals surface area contributed by atoms with Crippen molar-refractivity contribution >= 4 is 22.6 Å². The quantitative estimate of drug-likeness (QED) is 0.427. The molecule has 5 heavy (non-hydrogen) atoms. The highest BCUT2D eigenvalue weighted by Crippen LogP contribution is 2.32. The monoisotopic (exact) mass is 181 g/mol. The van der Waals surface area contributed by atoms with Gasteiger partial charge in [0.05, 0.1) is 0 Å². The molecule has 0 heterocycles. The molecule has 0 N–H and O–H groups in total. The summed E-state index contributed by atoms with van der Waals surface area (Å²) >= 11 is 2.40. The first-order valence-electron chi connectivity index (χ1n) is 1.83. The van der Waals surface area contributed by atoms with Crippen molar-refractivity contribution in [3.05, 3.63) is 5.92 Å². The van der Waals surface area contributed by atoms with Crippen molar-refractivity contribution in [3.8, 4) is 0 Å². The molecule has 1 fully saturated rings. The molecule has 1 rings (SSSR count). The third-order valence-corrected chi connectivity index (χ3v) is 1.87. The fourth-order valence-corrected chi connectivity index (χ4v) is 0.985. The largest absolute Gasteiger partial charge is 0.0857 e. The van der Waals surface area contributed by atoms with Gasteiger partial charge in [-0.2, -0.15) is 0 Å². The lowest BCUT2D eigenvalue weighted by atomic mass is 10.5. The van der Waals surface area contributed by atoms with E-state index in [1.165, 1.54) is 17.3 Å². The third kappa shape index (κ3) is 1.07. The van der Waals surface area contributed by atoms with Gasteiger partial charge in [0.25, 0.3) is 0 Å². The maximum Gasteiger partial charge on any atom is 0.00575 e. The molecule has 0 aromatic heterocycles. The maximum absolute atomic E-state index is 2.40. The first kappa shape index (κ1) is 3.90. The summed E-state index contributed by atoms with van der Waals surface area (Å²) < 4.78 is 1.30. The number of hydrogen-bond donors (Lipinski definition) is 0. The molecule has 0 spiro atoms. The first-order chi connectivity index (χ1) is 2.43. The highest BCUT2D eigenvalue weighted by molar-refractivity contribution is 14.1. The standard InChI is InChI=1S/C4H6I/c5-3-4-1-2-4/h1-3H2. The van der Waals surface area contributed by atoms with Crippen molar-refractivity contribution in [2.45, 2.75) is 12.8 Å². The van der Waals surface area contributed by atoms with Crippen LogP contribution in [0.3, 0.4) is 0 Å². The van der Waals surface area contributed by atoms with Gasteiger partial charge in [-0.3, -0.25) is 0 Å². The minimum atomic E-state index is 1.30. The molecule has 1 aliphatic rings. The Kier molecular flexibility index (Phi) is 1.13. The summed E-state index contributed by atoms with van der Waals surface area (Å²) in [5, 5.41) is 0. The predicted molar refractivity (Wildman–Crippen MR) is 31.4 cm³/mol. The van der Waals surface area contributed by atoms with Crippen LogP contribution in [0.25, 0.3) is 0 Å². The van der Waals surface area contributed by atoms with E-state index in [1.54, 1.807) is 5.92 Å². The van der Waals surface area contributed by atoms with Gasteiger partial charge in [-0.25, -0.2) is 0 Å². The second kappa shape index (κ2) is 1.45. The molecule has 0 atom stereocenters. The summed E-state index contributed by atoms with van der Waals surface area (Å²) in [6, 6.07) is 0. The van der Waals surface area contributed by atoms with E-state index in [9.17, 15) is 0 Å². The molecule has 0 aromatic carbocycles. The summed E-state index contributed by atoms with van der Waals surface area (Å²) in [5.74, 6) is 1.74. The fraction of sp³-hybridized carbons (Fsp3) is 0.750. The van der Waals surface area contributed by atoms with Crippen molar-refractivity contribution in [1.29, 1.82) is 0 Å². The number of hydrogen-bond acceptors (Lipinski definition) is 0. The molecule has 0 bridgehead atoms. The maximum atomic E-state index is 2.40. The Balaban J connectivity index is 2.00. The Morgan fingerprint density at radius 3 is 2.20 bits per heavy atom. The highest BCUT2D eigenvalue weighted by atomic mass is 127. The van der Waals surface area contributed by atoms with Crippen LogP contribution in [0.1, 0.15) is 12.8 Å². The van der Waals surface area contributed by atoms with E-state index in [1.807, 2.05) is 0 Å². The van der Waals surface area contributed by atoms with E-state index >= 15 is 0 Å². The molecule has 0 saturated heterocycles.